The van der Waals surface area contributed by atoms with Gasteiger partial charge >= 0.3 is 21.1 Å². The van der Waals surface area contributed by atoms with E-state index in [1.54, 1.807) is 11.1 Å². The summed E-state index contributed by atoms with van der Waals surface area (Å²) >= 11 is 0. The van der Waals surface area contributed by atoms with E-state index in [-0.39, 0.29) is 97.4 Å². The van der Waals surface area contributed by atoms with E-state index in [4.69, 9.17) is 20.9 Å². The van der Waals surface area contributed by atoms with E-state index in [0.29, 0.717) is 59.2 Å². The average molecular weight is 1970 g/mol. The van der Waals surface area contributed by atoms with Gasteiger partial charge in [-0.05, 0) is 208 Å². The van der Waals surface area contributed by atoms with Gasteiger partial charge in [0.1, 0.15) is 14.3 Å². The molecule has 8 fully saturated rings. The first-order chi connectivity index (χ1) is 51.7. The van der Waals surface area contributed by atoms with E-state index in [0.717, 1.165) is 137 Å². The summed E-state index contributed by atoms with van der Waals surface area (Å²) in [6, 6.07) is 40.5. The zero-order valence-corrected chi connectivity index (χ0v) is 77.9. The summed E-state index contributed by atoms with van der Waals surface area (Å²) in [5, 5.41) is 3.71. The molecule has 114 heavy (non-hydrogen) atoms. The zero-order valence-electron chi connectivity index (χ0n) is 71.6. The number of hydrogen-bond donors (Lipinski definition) is 0. The van der Waals surface area contributed by atoms with Gasteiger partial charge in [0.25, 0.3) is 0 Å². The molecule has 8 saturated carbocycles. The van der Waals surface area contributed by atoms with Crippen molar-refractivity contribution in [3.63, 3.8) is 0 Å². The predicted molar refractivity (Wildman–Crippen MR) is 484 cm³/mol. The van der Waals surface area contributed by atoms with Gasteiger partial charge in [0, 0.05) is 61.2 Å². The van der Waals surface area contributed by atoms with Crippen LogP contribution in [0.4, 0.5) is 0 Å². The van der Waals surface area contributed by atoms with Crippen molar-refractivity contribution in [2.45, 2.75) is 332 Å². The topological polar surface area (TPSA) is 163 Å². The first-order valence-electron chi connectivity index (χ1n) is 44.7. The molecule has 6 N–H and O–H groups in total. The van der Waals surface area contributed by atoms with Crippen LogP contribution in [0.5, 0.6) is 0 Å². The number of hydrogen-bond acceptors (Lipinski definition) is 4. The number of nitrogens with one attached hydrogen (secondary N) is 2. The molecular weight excluding hydrogens is 1800 g/mol. The van der Waals surface area contributed by atoms with Crippen LogP contribution in [0.3, 0.4) is 0 Å². The predicted octanol–water partition coefficient (Wildman–Crippen LogP) is 26.7. The van der Waals surface area contributed by atoms with Gasteiger partial charge in [0.2, 0.25) is 0 Å². The SMILES string of the molecule is C.C.CC(C)CCC[C@@H](C)[C@H]1CC[C@H]2[C@@H]3CC=C4C[C@@H](OCCC(C)P(=O)(c5ccccc5)c5ccccc5)CC[C@]4(C)[C@H]3CC[C@]12C.O.O.[CH2-]C(CCO[C@H]1CC[C@@]2(C)C(=CC[C@H]3[C@@H]4CC[C@H]([C@H](C)CCCC(C)C)[C@@]4(C)CC[C@@H]32)C1)P(=O)(c1ccccc1)c1ccccc1.[CH2-]C1CCCCC1[NH-].[CH2-]C1CCCCC1[NH-].[Pt+2].[Pt]. The second-order valence-electron chi connectivity index (χ2n) is 39.1. The summed E-state index contributed by atoms with van der Waals surface area (Å²) in [5.74, 6) is 11.4. The van der Waals surface area contributed by atoms with Crippen LogP contribution < -0.4 is 21.2 Å². The largest absolute Gasteiger partial charge is 2.00 e. The van der Waals surface area contributed by atoms with Crippen molar-refractivity contribution in [3.05, 3.63) is 177 Å². The summed E-state index contributed by atoms with van der Waals surface area (Å²) in [6.45, 7) is 41.1. The molecule has 22 atom stereocenters. The fourth-order valence-corrected chi connectivity index (χ4v) is 30.8. The molecule has 14 rings (SSSR count). The summed E-state index contributed by atoms with van der Waals surface area (Å²) in [5.41, 5.74) is 19.8. The van der Waals surface area contributed by atoms with Gasteiger partial charge in [-0.2, -0.15) is 23.9 Å². The van der Waals surface area contributed by atoms with Crippen LogP contribution in [-0.4, -0.2) is 59.8 Å². The minimum atomic E-state index is -2.87. The fraction of sp³-hybridized carbons (Fsp3) is 0.696. The normalized spacial score (nSPS) is 32.9. The number of benzene rings is 4. The minimum Gasteiger partial charge on any atom is -0.677 e. The van der Waals surface area contributed by atoms with Crippen molar-refractivity contribution in [2.24, 2.45) is 105 Å². The molecule has 4 aromatic rings. The van der Waals surface area contributed by atoms with Crippen LogP contribution in [0.25, 0.3) is 11.5 Å². The van der Waals surface area contributed by atoms with Crippen molar-refractivity contribution >= 4 is 35.5 Å². The molecular formula is C102H163N2O6P2Pt2-3. The molecule has 0 aromatic heterocycles. The molecule has 0 aliphatic heterocycles. The minimum absolute atomic E-state index is 0. The third-order valence-electron chi connectivity index (χ3n) is 31.7. The van der Waals surface area contributed by atoms with E-state index < -0.39 is 14.3 Å². The Bertz CT molecular complexity index is 3220. The van der Waals surface area contributed by atoms with E-state index in [9.17, 15) is 9.13 Å². The second-order valence-corrected chi connectivity index (χ2v) is 45.4. The van der Waals surface area contributed by atoms with Gasteiger partial charge in [-0.25, -0.2) is 0 Å². The molecule has 0 amide bonds. The van der Waals surface area contributed by atoms with Gasteiger partial charge in [0.15, 0.2) is 0 Å². The van der Waals surface area contributed by atoms with E-state index in [2.05, 4.69) is 109 Å². The smallest absolute Gasteiger partial charge is 0.677 e. The summed E-state index contributed by atoms with van der Waals surface area (Å²) in [6.07, 6.45) is 46.7. The Kier molecular flexibility index (Phi) is 41.8. The number of rotatable bonds is 24. The standard InChI is InChI=1S/C43H63O2P.C43H62O2P.2C7H13N.2CH4.2H2O.2Pt/c2*1-31(2)14-13-15-32(3)39-22-23-40-38-21-20-34-30-35(24-27-42(34,5)41(38)25-28-43(39,40)6)45-29-26-33(4)46(44,36-16-9-7-10-17-36)37-18-11-8-12-19-37;2*1-6-4-2-3-5-7(6)8;;;;;;/h7-12,16-20,31-33,35,38-41H,13-15,21-30H2,1-6H3;7-12,16-20,31-33,35,38-41H,4,13-15,21-30H2,1-3,5-6H3;2*6-8H,1-5H2;2*1H4;2*1H2;;/q;-1;2*-2;;;;;;+2/t2*32-,33?,35+,38+,39-,40+,41+,42+,43-;;;;;;;;/m11......../s1. The fourth-order valence-electron chi connectivity index (χ4n) is 25.0. The monoisotopic (exact) mass is 1960 g/mol. The molecule has 0 radical (unpaired) electrons. The number of ether oxygens (including phenoxy) is 2. The van der Waals surface area contributed by atoms with Crippen LogP contribution in [0.15, 0.2) is 145 Å². The Morgan fingerprint density at radius 1 is 0.439 bits per heavy atom. The first kappa shape index (κ1) is 103. The maximum atomic E-state index is 14.7. The molecule has 12 heteroatoms. The Morgan fingerprint density at radius 2 is 0.781 bits per heavy atom. The first-order valence-corrected chi connectivity index (χ1v) is 48.3. The van der Waals surface area contributed by atoms with Crippen LogP contribution in [-0.2, 0) is 60.7 Å². The summed E-state index contributed by atoms with van der Waals surface area (Å²) in [7, 11) is -5.64. The van der Waals surface area contributed by atoms with Crippen LogP contribution in [0.2, 0.25) is 0 Å². The van der Waals surface area contributed by atoms with Crippen LogP contribution in [0, 0.1) is 125 Å². The van der Waals surface area contributed by atoms with Gasteiger partial charge in [-0.1, -0.05) is 326 Å². The number of allylic oxidation sites excluding steroid dienone is 2. The van der Waals surface area contributed by atoms with E-state index in [1.807, 2.05) is 121 Å². The third kappa shape index (κ3) is 23.4. The van der Waals surface area contributed by atoms with Gasteiger partial charge in [-0.15, -0.1) is 5.66 Å². The second kappa shape index (κ2) is 46.4. The molecule has 10 aliphatic carbocycles. The Morgan fingerprint density at radius 3 is 1.11 bits per heavy atom. The number of fused-ring (bicyclic) bond motifs is 10. The van der Waals surface area contributed by atoms with Gasteiger partial charge in [-0.3, -0.25) is 0 Å². The van der Waals surface area contributed by atoms with Crippen molar-refractivity contribution in [3.8, 4) is 0 Å². The van der Waals surface area contributed by atoms with Crippen molar-refractivity contribution in [2.75, 3.05) is 13.2 Å². The Labute approximate surface area is 728 Å². The van der Waals surface area contributed by atoms with Crippen molar-refractivity contribution in [1.29, 1.82) is 0 Å². The molecule has 0 heterocycles. The van der Waals surface area contributed by atoms with Crippen LogP contribution >= 0.6 is 14.3 Å². The Hall–Kier alpha value is -2.04. The average Bonchev–Trinajstić information content (AvgIpc) is 1.44. The van der Waals surface area contributed by atoms with Crippen LogP contribution in [0.1, 0.15) is 296 Å². The molecule has 650 valence electrons. The molecule has 6 unspecified atom stereocenters. The van der Waals surface area contributed by atoms with Gasteiger partial charge < -0.3 is 61.8 Å². The molecule has 8 nitrogen and oxygen atoms in total. The maximum absolute atomic E-state index is 14.7. The maximum Gasteiger partial charge on any atom is 2.00 e. The molecule has 0 saturated heterocycles. The molecule has 4 aromatic carbocycles. The summed E-state index contributed by atoms with van der Waals surface area (Å²) < 4.78 is 42.7. The van der Waals surface area contributed by atoms with Crippen molar-refractivity contribution < 1.29 is 71.7 Å². The van der Waals surface area contributed by atoms with E-state index in [1.165, 1.54) is 154 Å². The zero-order chi connectivity index (χ0) is 77.0. The molecule has 10 aliphatic rings. The molecule has 0 bridgehead atoms. The van der Waals surface area contributed by atoms with E-state index >= 15 is 0 Å². The Balaban J connectivity index is 0.000000325. The third-order valence-corrected chi connectivity index (χ3v) is 38.8. The van der Waals surface area contributed by atoms with Crippen molar-refractivity contribution in [1.82, 2.24) is 0 Å². The van der Waals surface area contributed by atoms with Gasteiger partial charge in [0.05, 0.1) is 12.2 Å². The summed E-state index contributed by atoms with van der Waals surface area (Å²) in [4.78, 5) is 0. The molecule has 0 spiro atoms. The quantitative estimate of drug-likeness (QED) is 0.0388.